The summed E-state index contributed by atoms with van der Waals surface area (Å²) in [6, 6.07) is 9.96. The lowest BCUT2D eigenvalue weighted by Gasteiger charge is -2.24. The minimum Gasteiger partial charge on any atom is -0.383 e. The molecule has 0 heterocycles. The standard InChI is InChI=1S/C17H30N2O/c1-14(2)18-11-10-16-6-8-17(9-7-16)12-19(4)15(3)13-20-5/h6-9,14-15,18H,10-13H2,1-5H3. The fourth-order valence-electron chi connectivity index (χ4n) is 2.13. The third-order valence-electron chi connectivity index (χ3n) is 3.58. The monoisotopic (exact) mass is 278 g/mol. The van der Waals surface area contributed by atoms with Crippen LogP contribution in [0.4, 0.5) is 0 Å². The number of nitrogens with one attached hydrogen (secondary N) is 1. The SMILES string of the molecule is COCC(C)N(C)Cc1ccc(CCNC(C)C)cc1. The first-order valence-corrected chi connectivity index (χ1v) is 7.53. The van der Waals surface area contributed by atoms with E-state index in [1.54, 1.807) is 7.11 Å². The zero-order chi connectivity index (χ0) is 15.0. The second-order valence-electron chi connectivity index (χ2n) is 5.89. The minimum atomic E-state index is 0.440. The molecule has 0 aromatic heterocycles. The fraction of sp³-hybridized carbons (Fsp3) is 0.647. The predicted octanol–water partition coefficient (Wildman–Crippen LogP) is 2.69. The van der Waals surface area contributed by atoms with Crippen molar-refractivity contribution in [2.24, 2.45) is 0 Å². The molecule has 0 aliphatic heterocycles. The fourth-order valence-corrected chi connectivity index (χ4v) is 2.13. The molecule has 1 atom stereocenters. The molecule has 1 rings (SSSR count). The quantitative estimate of drug-likeness (QED) is 0.751. The Hall–Kier alpha value is -0.900. The molecule has 0 fully saturated rings. The lowest BCUT2D eigenvalue weighted by molar-refractivity contribution is 0.112. The van der Waals surface area contributed by atoms with Crippen LogP contribution in [0.2, 0.25) is 0 Å². The van der Waals surface area contributed by atoms with Gasteiger partial charge in [-0.3, -0.25) is 4.90 Å². The molecule has 1 aromatic carbocycles. The molecule has 0 aliphatic rings. The van der Waals surface area contributed by atoms with E-state index in [-0.39, 0.29) is 0 Å². The molecule has 0 bridgehead atoms. The zero-order valence-electron chi connectivity index (χ0n) is 13.6. The highest BCUT2D eigenvalue weighted by Gasteiger charge is 2.08. The average molecular weight is 278 g/mol. The van der Waals surface area contributed by atoms with Gasteiger partial charge in [0, 0.05) is 25.7 Å². The van der Waals surface area contributed by atoms with Crippen LogP contribution >= 0.6 is 0 Å². The summed E-state index contributed by atoms with van der Waals surface area (Å²) < 4.78 is 5.20. The maximum Gasteiger partial charge on any atom is 0.0615 e. The second-order valence-corrected chi connectivity index (χ2v) is 5.89. The third kappa shape index (κ3) is 6.51. The number of rotatable bonds is 9. The molecule has 3 nitrogen and oxygen atoms in total. The molecule has 0 saturated carbocycles. The Balaban J connectivity index is 2.41. The highest BCUT2D eigenvalue weighted by atomic mass is 16.5. The van der Waals surface area contributed by atoms with Gasteiger partial charge in [-0.25, -0.2) is 0 Å². The van der Waals surface area contributed by atoms with Gasteiger partial charge in [0.05, 0.1) is 6.61 Å². The normalized spacial score (nSPS) is 13.2. The summed E-state index contributed by atoms with van der Waals surface area (Å²) in [5.74, 6) is 0. The van der Waals surface area contributed by atoms with Gasteiger partial charge in [-0.2, -0.15) is 0 Å². The van der Waals surface area contributed by atoms with Gasteiger partial charge in [0.15, 0.2) is 0 Å². The summed E-state index contributed by atoms with van der Waals surface area (Å²) in [6.45, 7) is 9.34. The van der Waals surface area contributed by atoms with Crippen LogP contribution in [0, 0.1) is 0 Å². The van der Waals surface area contributed by atoms with Crippen LogP contribution in [0.3, 0.4) is 0 Å². The van der Waals surface area contributed by atoms with E-state index < -0.39 is 0 Å². The van der Waals surface area contributed by atoms with E-state index in [0.29, 0.717) is 12.1 Å². The number of hydrogen-bond donors (Lipinski definition) is 1. The van der Waals surface area contributed by atoms with Crippen LogP contribution in [0.25, 0.3) is 0 Å². The lowest BCUT2D eigenvalue weighted by atomic mass is 10.1. The van der Waals surface area contributed by atoms with Crippen molar-refractivity contribution >= 4 is 0 Å². The van der Waals surface area contributed by atoms with Gasteiger partial charge in [-0.1, -0.05) is 38.1 Å². The Bertz CT molecular complexity index is 362. The zero-order valence-corrected chi connectivity index (χ0v) is 13.6. The van der Waals surface area contributed by atoms with Crippen molar-refractivity contribution in [3.63, 3.8) is 0 Å². The molecule has 1 unspecified atom stereocenters. The molecule has 0 spiro atoms. The van der Waals surface area contributed by atoms with Crippen molar-refractivity contribution in [1.29, 1.82) is 0 Å². The molecule has 3 heteroatoms. The number of ether oxygens (including phenoxy) is 1. The van der Waals surface area contributed by atoms with E-state index in [1.165, 1.54) is 11.1 Å². The Labute approximate surface area is 124 Å². The lowest BCUT2D eigenvalue weighted by Crippen LogP contribution is -2.32. The molecule has 20 heavy (non-hydrogen) atoms. The Kier molecular flexibility index (Phi) is 7.82. The first-order valence-electron chi connectivity index (χ1n) is 7.53. The number of nitrogens with zero attached hydrogens (tertiary/aromatic N) is 1. The van der Waals surface area contributed by atoms with Crippen molar-refractivity contribution in [2.45, 2.75) is 45.8 Å². The molecule has 0 radical (unpaired) electrons. The van der Waals surface area contributed by atoms with Crippen LogP contribution in [-0.2, 0) is 17.7 Å². The maximum atomic E-state index is 5.20. The molecular weight excluding hydrogens is 248 g/mol. The van der Waals surface area contributed by atoms with E-state index in [9.17, 15) is 0 Å². The summed E-state index contributed by atoms with van der Waals surface area (Å²) in [5.41, 5.74) is 2.76. The van der Waals surface area contributed by atoms with E-state index >= 15 is 0 Å². The largest absolute Gasteiger partial charge is 0.383 e. The highest BCUT2D eigenvalue weighted by Crippen LogP contribution is 2.09. The topological polar surface area (TPSA) is 24.5 Å². The average Bonchev–Trinajstić information content (AvgIpc) is 2.40. The number of likely N-dealkylation sites (N-methyl/N-ethyl adjacent to an activating group) is 1. The van der Waals surface area contributed by atoms with Crippen LogP contribution < -0.4 is 5.32 Å². The summed E-state index contributed by atoms with van der Waals surface area (Å²) >= 11 is 0. The Morgan fingerprint density at radius 3 is 2.25 bits per heavy atom. The van der Waals surface area contributed by atoms with Gasteiger partial charge in [0.25, 0.3) is 0 Å². The number of hydrogen-bond acceptors (Lipinski definition) is 3. The van der Waals surface area contributed by atoms with Gasteiger partial charge >= 0.3 is 0 Å². The van der Waals surface area contributed by atoms with Gasteiger partial charge in [0.2, 0.25) is 0 Å². The highest BCUT2D eigenvalue weighted by molar-refractivity contribution is 5.22. The van der Waals surface area contributed by atoms with Gasteiger partial charge < -0.3 is 10.1 Å². The minimum absolute atomic E-state index is 0.440. The summed E-state index contributed by atoms with van der Waals surface area (Å²) in [4.78, 5) is 2.32. The number of methoxy groups -OCH3 is 1. The van der Waals surface area contributed by atoms with Crippen LogP contribution in [-0.4, -0.2) is 44.3 Å². The molecule has 114 valence electrons. The molecule has 0 amide bonds. The number of benzene rings is 1. The van der Waals surface area contributed by atoms with Gasteiger partial charge in [0.1, 0.15) is 0 Å². The van der Waals surface area contributed by atoms with Crippen LogP contribution in [0.5, 0.6) is 0 Å². The van der Waals surface area contributed by atoms with Gasteiger partial charge in [-0.05, 0) is 38.1 Å². The Morgan fingerprint density at radius 1 is 1.10 bits per heavy atom. The third-order valence-corrected chi connectivity index (χ3v) is 3.58. The second kappa shape index (κ2) is 9.11. The first-order chi connectivity index (χ1) is 9.52. The summed E-state index contributed by atoms with van der Waals surface area (Å²) in [5, 5.41) is 3.45. The van der Waals surface area contributed by atoms with Crippen LogP contribution in [0.15, 0.2) is 24.3 Å². The van der Waals surface area contributed by atoms with E-state index in [1.807, 2.05) is 0 Å². The van der Waals surface area contributed by atoms with Crippen molar-refractivity contribution in [1.82, 2.24) is 10.2 Å². The first kappa shape index (κ1) is 17.2. The predicted molar refractivity (Wildman–Crippen MR) is 86.1 cm³/mol. The molecule has 1 aromatic rings. The Morgan fingerprint density at radius 2 is 1.70 bits per heavy atom. The van der Waals surface area contributed by atoms with E-state index in [0.717, 1.165) is 26.1 Å². The smallest absolute Gasteiger partial charge is 0.0615 e. The summed E-state index contributed by atoms with van der Waals surface area (Å²) in [7, 11) is 3.90. The van der Waals surface area contributed by atoms with E-state index in [2.05, 4.69) is 62.3 Å². The maximum absolute atomic E-state index is 5.20. The molecule has 0 saturated heterocycles. The molecule has 1 N–H and O–H groups in total. The van der Waals surface area contributed by atoms with Crippen molar-refractivity contribution in [3.05, 3.63) is 35.4 Å². The van der Waals surface area contributed by atoms with Crippen molar-refractivity contribution in [3.8, 4) is 0 Å². The van der Waals surface area contributed by atoms with Crippen molar-refractivity contribution in [2.75, 3.05) is 27.3 Å². The van der Waals surface area contributed by atoms with Crippen molar-refractivity contribution < 1.29 is 4.74 Å². The van der Waals surface area contributed by atoms with Gasteiger partial charge in [-0.15, -0.1) is 0 Å². The van der Waals surface area contributed by atoms with Crippen LogP contribution in [0.1, 0.15) is 31.9 Å². The summed E-state index contributed by atoms with van der Waals surface area (Å²) in [6.07, 6.45) is 1.09. The molecule has 0 aliphatic carbocycles. The van der Waals surface area contributed by atoms with E-state index in [4.69, 9.17) is 4.74 Å². The molecular formula is C17H30N2O.